The summed E-state index contributed by atoms with van der Waals surface area (Å²) >= 11 is 1.59. The molecule has 20 heavy (non-hydrogen) atoms. The van der Waals surface area contributed by atoms with Gasteiger partial charge in [-0.1, -0.05) is 30.3 Å². The van der Waals surface area contributed by atoms with E-state index >= 15 is 0 Å². The van der Waals surface area contributed by atoms with E-state index < -0.39 is 0 Å². The van der Waals surface area contributed by atoms with Gasteiger partial charge in [-0.05, 0) is 51.4 Å². The van der Waals surface area contributed by atoms with Crippen LogP contribution in [0.1, 0.15) is 5.56 Å². The highest BCUT2D eigenvalue weighted by Gasteiger charge is 2.01. The molecule has 0 atom stereocenters. The second kappa shape index (κ2) is 5.72. The Balaban J connectivity index is 1.74. The van der Waals surface area contributed by atoms with Crippen molar-refractivity contribution in [2.75, 3.05) is 0 Å². The predicted octanol–water partition coefficient (Wildman–Crippen LogP) is 4.52. The van der Waals surface area contributed by atoms with Crippen molar-refractivity contribution < 1.29 is 9.53 Å². The zero-order valence-electron chi connectivity index (χ0n) is 10.7. The number of ether oxygens (including phenoxy) is 1. The van der Waals surface area contributed by atoms with E-state index in [1.165, 1.54) is 6.08 Å². The Morgan fingerprint density at radius 1 is 1.05 bits per heavy atom. The Morgan fingerprint density at radius 3 is 2.70 bits per heavy atom. The average Bonchev–Trinajstić information content (AvgIpc) is 2.98. The first kappa shape index (κ1) is 12.6. The molecule has 0 N–H and O–H groups in total. The molecular weight excluding hydrogens is 268 g/mol. The van der Waals surface area contributed by atoms with Crippen LogP contribution < -0.4 is 4.74 Å². The van der Waals surface area contributed by atoms with Crippen molar-refractivity contribution >= 4 is 34.2 Å². The fourth-order valence-electron chi connectivity index (χ4n) is 1.92. The molecule has 3 heteroatoms. The Kier molecular flexibility index (Phi) is 3.61. The maximum absolute atomic E-state index is 11.7. The van der Waals surface area contributed by atoms with E-state index in [2.05, 4.69) is 0 Å². The first-order valence-corrected chi connectivity index (χ1v) is 7.16. The molecule has 0 bridgehead atoms. The lowest BCUT2D eigenvalue weighted by Crippen LogP contribution is -2.03. The Bertz CT molecular complexity index is 758. The molecule has 1 heterocycles. The van der Waals surface area contributed by atoms with Gasteiger partial charge in [0, 0.05) is 6.08 Å². The number of fused-ring (bicyclic) bond motifs is 1. The van der Waals surface area contributed by atoms with Crippen LogP contribution in [0.5, 0.6) is 5.75 Å². The van der Waals surface area contributed by atoms with Crippen LogP contribution in [-0.2, 0) is 4.79 Å². The van der Waals surface area contributed by atoms with Gasteiger partial charge in [0.1, 0.15) is 5.75 Å². The lowest BCUT2D eigenvalue weighted by molar-refractivity contribution is -0.128. The average molecular weight is 280 g/mol. The fourth-order valence-corrected chi connectivity index (χ4v) is 2.54. The van der Waals surface area contributed by atoms with Crippen molar-refractivity contribution in [3.05, 3.63) is 70.9 Å². The summed E-state index contributed by atoms with van der Waals surface area (Å²) < 4.78 is 5.30. The highest BCUT2D eigenvalue weighted by molar-refractivity contribution is 7.08. The molecule has 0 aliphatic carbocycles. The molecular formula is C17H12O2S. The number of carbonyl (C=O) groups excluding carboxylic acids is 1. The predicted molar refractivity (Wildman–Crippen MR) is 82.9 cm³/mol. The summed E-state index contributed by atoms with van der Waals surface area (Å²) in [5.41, 5.74) is 1.01. The van der Waals surface area contributed by atoms with Crippen molar-refractivity contribution in [3.8, 4) is 5.75 Å². The van der Waals surface area contributed by atoms with Gasteiger partial charge in [-0.25, -0.2) is 4.79 Å². The topological polar surface area (TPSA) is 26.3 Å². The largest absolute Gasteiger partial charge is 0.423 e. The molecule has 98 valence electrons. The summed E-state index contributed by atoms with van der Waals surface area (Å²) in [5.74, 6) is 0.190. The van der Waals surface area contributed by atoms with Gasteiger partial charge in [0.25, 0.3) is 0 Å². The summed E-state index contributed by atoms with van der Waals surface area (Å²) in [7, 11) is 0. The Hall–Kier alpha value is -2.39. The third-order valence-corrected chi connectivity index (χ3v) is 3.60. The van der Waals surface area contributed by atoms with Crippen LogP contribution in [0.2, 0.25) is 0 Å². The molecule has 2 aromatic carbocycles. The third kappa shape index (κ3) is 2.95. The molecule has 2 nitrogen and oxygen atoms in total. The van der Waals surface area contributed by atoms with Crippen molar-refractivity contribution in [1.82, 2.24) is 0 Å². The second-order valence-corrected chi connectivity index (χ2v) is 5.10. The molecule has 0 aliphatic rings. The van der Waals surface area contributed by atoms with Crippen LogP contribution >= 0.6 is 11.3 Å². The highest BCUT2D eigenvalue weighted by Crippen LogP contribution is 2.20. The van der Waals surface area contributed by atoms with Gasteiger partial charge in [-0.2, -0.15) is 11.3 Å². The van der Waals surface area contributed by atoms with Crippen LogP contribution in [0.25, 0.3) is 16.8 Å². The third-order valence-electron chi connectivity index (χ3n) is 2.89. The van der Waals surface area contributed by atoms with Crippen LogP contribution in [-0.4, -0.2) is 5.97 Å². The van der Waals surface area contributed by atoms with Gasteiger partial charge in [-0.15, -0.1) is 0 Å². The molecule has 0 saturated carbocycles. The number of carbonyl (C=O) groups is 1. The Labute approximate surface area is 120 Å². The van der Waals surface area contributed by atoms with Gasteiger partial charge in [0.15, 0.2) is 0 Å². The van der Waals surface area contributed by atoms with E-state index in [0.29, 0.717) is 5.75 Å². The maximum atomic E-state index is 11.7. The van der Waals surface area contributed by atoms with Crippen LogP contribution in [0.4, 0.5) is 0 Å². The summed E-state index contributed by atoms with van der Waals surface area (Å²) in [4.78, 5) is 11.7. The number of esters is 1. The normalized spacial score (nSPS) is 11.0. The van der Waals surface area contributed by atoms with Crippen LogP contribution in [0, 0.1) is 0 Å². The lowest BCUT2D eigenvalue weighted by Gasteiger charge is -2.03. The van der Waals surface area contributed by atoms with E-state index in [1.54, 1.807) is 23.5 Å². The van der Waals surface area contributed by atoms with Crippen LogP contribution in [0.3, 0.4) is 0 Å². The molecule has 3 aromatic rings. The minimum absolute atomic E-state index is 0.369. The summed E-state index contributed by atoms with van der Waals surface area (Å²) in [6.45, 7) is 0. The molecule has 1 aromatic heterocycles. The summed E-state index contributed by atoms with van der Waals surface area (Å²) in [6, 6.07) is 15.5. The SMILES string of the molecule is O=C(C=Cc1ccsc1)Oc1ccc2ccccc2c1. The number of hydrogen-bond acceptors (Lipinski definition) is 3. The van der Waals surface area contributed by atoms with Crippen molar-refractivity contribution in [2.45, 2.75) is 0 Å². The molecule has 0 unspecified atom stereocenters. The maximum Gasteiger partial charge on any atom is 0.336 e. The second-order valence-electron chi connectivity index (χ2n) is 4.32. The fraction of sp³-hybridized carbons (Fsp3) is 0. The molecule has 3 rings (SSSR count). The van der Waals surface area contributed by atoms with Gasteiger partial charge >= 0.3 is 5.97 Å². The molecule has 0 aliphatic heterocycles. The highest BCUT2D eigenvalue weighted by atomic mass is 32.1. The number of hydrogen-bond donors (Lipinski definition) is 0. The summed E-state index contributed by atoms with van der Waals surface area (Å²) in [5, 5.41) is 6.12. The van der Waals surface area contributed by atoms with Gasteiger partial charge in [-0.3, -0.25) is 0 Å². The van der Waals surface area contributed by atoms with Gasteiger partial charge in [0.2, 0.25) is 0 Å². The Morgan fingerprint density at radius 2 is 1.90 bits per heavy atom. The molecule has 0 fully saturated rings. The van der Waals surface area contributed by atoms with E-state index in [4.69, 9.17) is 4.74 Å². The standard InChI is InChI=1S/C17H12O2S/c18-17(8-5-13-9-10-20-12-13)19-16-7-6-14-3-1-2-4-15(14)11-16/h1-12H. The lowest BCUT2D eigenvalue weighted by atomic mass is 10.1. The van der Waals surface area contributed by atoms with E-state index in [1.807, 2.05) is 53.2 Å². The van der Waals surface area contributed by atoms with Crippen molar-refractivity contribution in [1.29, 1.82) is 0 Å². The van der Waals surface area contributed by atoms with E-state index in [-0.39, 0.29) is 5.97 Å². The van der Waals surface area contributed by atoms with E-state index in [9.17, 15) is 4.79 Å². The van der Waals surface area contributed by atoms with Crippen LogP contribution in [0.15, 0.2) is 65.4 Å². The smallest absolute Gasteiger partial charge is 0.336 e. The first-order valence-electron chi connectivity index (χ1n) is 6.22. The molecule has 0 amide bonds. The van der Waals surface area contributed by atoms with Gasteiger partial charge in [0.05, 0.1) is 0 Å². The molecule has 0 radical (unpaired) electrons. The van der Waals surface area contributed by atoms with E-state index in [0.717, 1.165) is 16.3 Å². The minimum atomic E-state index is -0.369. The molecule has 0 saturated heterocycles. The zero-order valence-corrected chi connectivity index (χ0v) is 11.5. The number of thiophene rings is 1. The van der Waals surface area contributed by atoms with Crippen molar-refractivity contribution in [2.24, 2.45) is 0 Å². The van der Waals surface area contributed by atoms with Gasteiger partial charge < -0.3 is 4.74 Å². The quantitative estimate of drug-likeness (QED) is 0.400. The molecule has 0 spiro atoms. The number of benzene rings is 2. The zero-order chi connectivity index (χ0) is 13.8. The van der Waals surface area contributed by atoms with Crippen molar-refractivity contribution in [3.63, 3.8) is 0 Å². The minimum Gasteiger partial charge on any atom is -0.423 e. The first-order chi connectivity index (χ1) is 9.81. The summed E-state index contributed by atoms with van der Waals surface area (Å²) in [6.07, 6.45) is 3.19. The monoisotopic (exact) mass is 280 g/mol. The number of rotatable bonds is 3.